The van der Waals surface area contributed by atoms with E-state index in [0.29, 0.717) is 6.61 Å². The summed E-state index contributed by atoms with van der Waals surface area (Å²) in [7, 11) is 1.53. The van der Waals surface area contributed by atoms with E-state index >= 15 is 0 Å². The summed E-state index contributed by atoms with van der Waals surface area (Å²) in [4.78, 5) is 21.8. The molecule has 0 saturated carbocycles. The summed E-state index contributed by atoms with van der Waals surface area (Å²) in [5.74, 6) is -1.07. The molecule has 0 unspecified atom stereocenters. The van der Waals surface area contributed by atoms with Gasteiger partial charge in [0.1, 0.15) is 6.04 Å². The van der Waals surface area contributed by atoms with Gasteiger partial charge in [0.15, 0.2) is 0 Å². The molecule has 1 atom stereocenters. The second kappa shape index (κ2) is 5.55. The molecule has 0 heterocycles. The highest BCUT2D eigenvalue weighted by molar-refractivity contribution is 5.82. The number of ether oxygens (including phenoxy) is 1. The molecule has 6 nitrogen and oxygen atoms in total. The lowest BCUT2D eigenvalue weighted by molar-refractivity contribution is -0.138. The minimum Gasteiger partial charge on any atom is -0.480 e. The Labute approximate surface area is 89.0 Å². The van der Waals surface area contributed by atoms with E-state index in [4.69, 9.17) is 9.84 Å². The number of aliphatic carboxylic acids is 1. The lowest BCUT2D eigenvalue weighted by atomic mass is 10.1. The summed E-state index contributed by atoms with van der Waals surface area (Å²) in [5.41, 5.74) is -0.531. The Bertz CT molecular complexity index is 240. The van der Waals surface area contributed by atoms with Crippen LogP contribution in [0.3, 0.4) is 0 Å². The maximum Gasteiger partial charge on any atom is 0.325 e. The van der Waals surface area contributed by atoms with Crippen LogP contribution in [0.5, 0.6) is 0 Å². The third-order valence-corrected chi connectivity index (χ3v) is 1.68. The Morgan fingerprint density at radius 1 is 1.47 bits per heavy atom. The van der Waals surface area contributed by atoms with Crippen molar-refractivity contribution in [2.75, 3.05) is 13.7 Å². The van der Waals surface area contributed by atoms with Crippen LogP contribution in [0.4, 0.5) is 4.79 Å². The Morgan fingerprint density at radius 2 is 2.00 bits per heavy atom. The average Bonchev–Trinajstić information content (AvgIpc) is 2.01. The third kappa shape index (κ3) is 5.90. The van der Waals surface area contributed by atoms with Crippen LogP contribution in [0.25, 0.3) is 0 Å². The van der Waals surface area contributed by atoms with E-state index in [0.717, 1.165) is 0 Å². The first-order valence-corrected chi connectivity index (χ1v) is 4.59. The van der Waals surface area contributed by atoms with Crippen LogP contribution in [0.1, 0.15) is 20.8 Å². The molecule has 0 radical (unpaired) electrons. The quantitative estimate of drug-likeness (QED) is 0.614. The zero-order valence-corrected chi connectivity index (χ0v) is 9.46. The first kappa shape index (κ1) is 13.7. The van der Waals surface area contributed by atoms with Gasteiger partial charge in [-0.1, -0.05) is 0 Å². The molecule has 0 aliphatic carbocycles. The van der Waals surface area contributed by atoms with Crippen LogP contribution in [0.2, 0.25) is 0 Å². The minimum atomic E-state index is -1.07. The average molecular weight is 218 g/mol. The largest absolute Gasteiger partial charge is 0.480 e. The lowest BCUT2D eigenvalue weighted by Gasteiger charge is -2.25. The van der Waals surface area contributed by atoms with Gasteiger partial charge >= 0.3 is 12.0 Å². The van der Waals surface area contributed by atoms with Crippen LogP contribution in [-0.2, 0) is 9.53 Å². The summed E-state index contributed by atoms with van der Waals surface area (Å²) in [6.45, 7) is 5.30. The lowest BCUT2D eigenvalue weighted by Crippen LogP contribution is -2.53. The highest BCUT2D eigenvalue weighted by atomic mass is 16.5. The van der Waals surface area contributed by atoms with Gasteiger partial charge in [-0.25, -0.2) is 4.79 Å². The van der Waals surface area contributed by atoms with E-state index in [-0.39, 0.29) is 0 Å². The summed E-state index contributed by atoms with van der Waals surface area (Å²) in [6.07, 6.45) is 0. The van der Waals surface area contributed by atoms with Gasteiger partial charge < -0.3 is 20.5 Å². The predicted molar refractivity (Wildman–Crippen MR) is 54.7 cm³/mol. The monoisotopic (exact) mass is 218 g/mol. The van der Waals surface area contributed by atoms with Crippen molar-refractivity contribution in [2.45, 2.75) is 32.4 Å². The van der Waals surface area contributed by atoms with Crippen LogP contribution >= 0.6 is 0 Å². The second-order valence-electron chi connectivity index (χ2n) is 3.98. The SMILES string of the molecule is COCC(C)(C)NC(=O)N[C@@H](C)C(=O)O. The fourth-order valence-electron chi connectivity index (χ4n) is 0.999. The highest BCUT2D eigenvalue weighted by Gasteiger charge is 2.22. The Morgan fingerprint density at radius 3 is 2.40 bits per heavy atom. The summed E-state index contributed by atoms with van der Waals surface area (Å²) in [5, 5.41) is 13.5. The molecular formula is C9H18N2O4. The number of hydrogen-bond acceptors (Lipinski definition) is 3. The minimum absolute atomic E-state index is 0.349. The zero-order chi connectivity index (χ0) is 12.1. The molecule has 15 heavy (non-hydrogen) atoms. The molecule has 0 saturated heterocycles. The molecule has 0 aromatic rings. The zero-order valence-electron chi connectivity index (χ0n) is 9.46. The first-order valence-electron chi connectivity index (χ1n) is 4.59. The van der Waals surface area contributed by atoms with Crippen LogP contribution in [0, 0.1) is 0 Å². The number of amides is 2. The van der Waals surface area contributed by atoms with E-state index in [9.17, 15) is 9.59 Å². The maximum absolute atomic E-state index is 11.3. The van der Waals surface area contributed by atoms with Crippen LogP contribution < -0.4 is 10.6 Å². The number of methoxy groups -OCH3 is 1. The molecule has 0 fully saturated rings. The van der Waals surface area contributed by atoms with E-state index in [1.165, 1.54) is 14.0 Å². The number of carboxylic acid groups (broad SMARTS) is 1. The topological polar surface area (TPSA) is 87.7 Å². The van der Waals surface area contributed by atoms with Gasteiger partial charge in [-0.15, -0.1) is 0 Å². The molecule has 0 spiro atoms. The number of hydrogen-bond donors (Lipinski definition) is 3. The van der Waals surface area contributed by atoms with Crippen molar-refractivity contribution < 1.29 is 19.4 Å². The van der Waals surface area contributed by atoms with Gasteiger partial charge in [0.25, 0.3) is 0 Å². The van der Waals surface area contributed by atoms with E-state index in [1.54, 1.807) is 13.8 Å². The number of carbonyl (C=O) groups excluding carboxylic acids is 1. The van der Waals surface area contributed by atoms with E-state index in [1.807, 2.05) is 0 Å². The van der Waals surface area contributed by atoms with Crippen LogP contribution in [-0.4, -0.2) is 42.4 Å². The molecule has 0 aliphatic heterocycles. The van der Waals surface area contributed by atoms with Gasteiger partial charge in [0.2, 0.25) is 0 Å². The number of urea groups is 1. The summed E-state index contributed by atoms with van der Waals surface area (Å²) in [6, 6.07) is -1.43. The predicted octanol–water partition coefficient (Wildman–Crippen LogP) is 0.184. The Kier molecular flexibility index (Phi) is 5.07. The Hall–Kier alpha value is -1.30. The first-order chi connectivity index (χ1) is 6.78. The molecule has 88 valence electrons. The standard InChI is InChI=1S/C9H18N2O4/c1-6(7(12)13)10-8(14)11-9(2,3)5-15-4/h6H,5H2,1-4H3,(H,12,13)(H2,10,11,14)/t6-/m0/s1. The van der Waals surface area contributed by atoms with Crippen molar-refractivity contribution >= 4 is 12.0 Å². The third-order valence-electron chi connectivity index (χ3n) is 1.68. The van der Waals surface area contributed by atoms with Gasteiger partial charge in [0.05, 0.1) is 12.1 Å². The van der Waals surface area contributed by atoms with Crippen molar-refractivity contribution in [3.8, 4) is 0 Å². The fraction of sp³-hybridized carbons (Fsp3) is 0.778. The molecule has 0 aliphatic rings. The highest BCUT2D eigenvalue weighted by Crippen LogP contribution is 2.01. The van der Waals surface area contributed by atoms with Gasteiger partial charge in [-0.3, -0.25) is 4.79 Å². The van der Waals surface area contributed by atoms with Crippen molar-refractivity contribution in [1.29, 1.82) is 0 Å². The molecule has 2 amide bonds. The number of nitrogens with one attached hydrogen (secondary N) is 2. The fourth-order valence-corrected chi connectivity index (χ4v) is 0.999. The summed E-state index contributed by atoms with van der Waals surface area (Å²) < 4.78 is 4.90. The Balaban J connectivity index is 4.08. The molecule has 6 heteroatoms. The maximum atomic E-state index is 11.3. The molecular weight excluding hydrogens is 200 g/mol. The number of rotatable bonds is 5. The number of carboxylic acids is 1. The number of carbonyl (C=O) groups is 2. The van der Waals surface area contributed by atoms with Crippen molar-refractivity contribution in [3.63, 3.8) is 0 Å². The van der Waals surface area contributed by atoms with E-state index in [2.05, 4.69) is 10.6 Å². The molecule has 3 N–H and O–H groups in total. The smallest absolute Gasteiger partial charge is 0.325 e. The molecule has 0 aromatic carbocycles. The van der Waals surface area contributed by atoms with Crippen LogP contribution in [0.15, 0.2) is 0 Å². The molecule has 0 aromatic heterocycles. The molecule has 0 rings (SSSR count). The summed E-state index contributed by atoms with van der Waals surface area (Å²) >= 11 is 0. The van der Waals surface area contributed by atoms with E-state index < -0.39 is 23.6 Å². The van der Waals surface area contributed by atoms with Crippen molar-refractivity contribution in [1.82, 2.24) is 10.6 Å². The molecule has 0 bridgehead atoms. The van der Waals surface area contributed by atoms with Gasteiger partial charge in [-0.05, 0) is 20.8 Å². The normalized spacial score (nSPS) is 13.1. The van der Waals surface area contributed by atoms with Gasteiger partial charge in [-0.2, -0.15) is 0 Å². The second-order valence-corrected chi connectivity index (χ2v) is 3.98. The van der Waals surface area contributed by atoms with Crippen molar-refractivity contribution in [2.24, 2.45) is 0 Å². The van der Waals surface area contributed by atoms with Gasteiger partial charge in [0, 0.05) is 7.11 Å². The van der Waals surface area contributed by atoms with Crippen molar-refractivity contribution in [3.05, 3.63) is 0 Å².